The first kappa shape index (κ1) is 17.1. The van der Waals surface area contributed by atoms with Crippen molar-refractivity contribution < 1.29 is 17.4 Å². The maximum Gasteiger partial charge on any atom is 0.313 e. The number of ether oxygens (including phenoxy) is 1. The minimum atomic E-state index is -3.78. The predicted octanol–water partition coefficient (Wildman–Crippen LogP) is 2.91. The number of benzene rings is 2. The van der Waals surface area contributed by atoms with Crippen LogP contribution in [0.4, 0.5) is 0 Å². The second-order valence-corrected chi connectivity index (χ2v) is 7.47. The monoisotopic (exact) mass is 347 g/mol. The smallest absolute Gasteiger partial charge is 0.313 e. The van der Waals surface area contributed by atoms with Crippen LogP contribution in [-0.4, -0.2) is 32.7 Å². The van der Waals surface area contributed by atoms with Gasteiger partial charge in [-0.3, -0.25) is 0 Å². The summed E-state index contributed by atoms with van der Waals surface area (Å²) < 4.78 is 35.6. The first-order valence-electron chi connectivity index (χ1n) is 7.95. The van der Waals surface area contributed by atoms with E-state index in [1.54, 1.807) is 24.3 Å². The largest absolute Gasteiger partial charge is 0.372 e. The number of rotatable bonds is 6. The average Bonchev–Trinajstić information content (AvgIpc) is 3.01. The molecule has 2 aromatic carbocycles. The molecule has 0 aliphatic carbocycles. The van der Waals surface area contributed by atoms with Crippen LogP contribution in [0, 0.1) is 6.92 Å². The van der Waals surface area contributed by atoms with E-state index in [1.807, 2.05) is 37.3 Å². The summed E-state index contributed by atoms with van der Waals surface area (Å²) in [5, 5.41) is 1.46. The van der Waals surface area contributed by atoms with Gasteiger partial charge in [-0.15, -0.1) is 0 Å². The molecule has 1 saturated heterocycles. The van der Waals surface area contributed by atoms with E-state index in [0.29, 0.717) is 19.7 Å². The van der Waals surface area contributed by atoms with Crippen LogP contribution in [0.5, 0.6) is 0 Å². The molecule has 1 fully saturated rings. The highest BCUT2D eigenvalue weighted by atomic mass is 32.2. The Kier molecular flexibility index (Phi) is 5.30. The van der Waals surface area contributed by atoms with E-state index < -0.39 is 10.1 Å². The summed E-state index contributed by atoms with van der Waals surface area (Å²) in [7, 11) is -3.78. The molecular weight excluding hydrogens is 326 g/mol. The number of hydroxylamine groups is 2. The fourth-order valence-electron chi connectivity index (χ4n) is 2.58. The standard InChI is InChI=1S/C18H21NO4S/c1-15-7-9-18(10-8-15)24(20,21)23-19-12-11-17(13-19)22-14-16-5-3-2-4-6-16/h2-10,17H,11-14H2,1H3. The second kappa shape index (κ2) is 7.44. The van der Waals surface area contributed by atoms with E-state index in [1.165, 1.54) is 5.06 Å². The van der Waals surface area contributed by atoms with Crippen molar-refractivity contribution in [2.24, 2.45) is 0 Å². The van der Waals surface area contributed by atoms with E-state index in [9.17, 15) is 8.42 Å². The van der Waals surface area contributed by atoms with Crippen molar-refractivity contribution >= 4 is 10.1 Å². The summed E-state index contributed by atoms with van der Waals surface area (Å²) in [6.07, 6.45) is 0.717. The van der Waals surface area contributed by atoms with Crippen molar-refractivity contribution in [3.8, 4) is 0 Å². The molecule has 1 unspecified atom stereocenters. The molecule has 5 nitrogen and oxygen atoms in total. The lowest BCUT2D eigenvalue weighted by Crippen LogP contribution is -2.27. The van der Waals surface area contributed by atoms with Gasteiger partial charge in [0.25, 0.3) is 0 Å². The Morgan fingerprint density at radius 2 is 1.79 bits per heavy atom. The molecule has 0 saturated carbocycles. The van der Waals surface area contributed by atoms with Crippen molar-refractivity contribution in [2.45, 2.75) is 31.0 Å². The first-order chi connectivity index (χ1) is 11.5. The molecule has 24 heavy (non-hydrogen) atoms. The summed E-state index contributed by atoms with van der Waals surface area (Å²) in [5.74, 6) is 0. The van der Waals surface area contributed by atoms with E-state index in [2.05, 4.69) is 0 Å². The molecule has 1 heterocycles. The van der Waals surface area contributed by atoms with Crippen LogP contribution in [0.15, 0.2) is 59.5 Å². The number of hydrogen-bond donors (Lipinski definition) is 0. The molecule has 6 heteroatoms. The van der Waals surface area contributed by atoms with Gasteiger partial charge in [0.1, 0.15) is 0 Å². The lowest BCUT2D eigenvalue weighted by molar-refractivity contribution is -0.0478. The summed E-state index contributed by atoms with van der Waals surface area (Å²) in [5.41, 5.74) is 2.11. The Hall–Kier alpha value is -1.73. The van der Waals surface area contributed by atoms with Crippen molar-refractivity contribution in [3.05, 3.63) is 65.7 Å². The Bertz CT molecular complexity index is 759. The molecule has 1 aliphatic rings. The highest BCUT2D eigenvalue weighted by molar-refractivity contribution is 7.86. The third kappa shape index (κ3) is 4.42. The topological polar surface area (TPSA) is 55.8 Å². The number of hydrogen-bond acceptors (Lipinski definition) is 5. The van der Waals surface area contributed by atoms with Crippen LogP contribution in [0.2, 0.25) is 0 Å². The molecular formula is C18H21NO4S. The molecule has 128 valence electrons. The van der Waals surface area contributed by atoms with Crippen LogP contribution < -0.4 is 0 Å². The van der Waals surface area contributed by atoms with Gasteiger partial charge in [0.15, 0.2) is 0 Å². The maximum atomic E-state index is 12.3. The summed E-state index contributed by atoms with van der Waals surface area (Å²) >= 11 is 0. The second-order valence-electron chi connectivity index (χ2n) is 5.94. The van der Waals surface area contributed by atoms with Gasteiger partial charge in [-0.25, -0.2) is 0 Å². The highest BCUT2D eigenvalue weighted by Crippen LogP contribution is 2.20. The molecule has 0 aromatic heterocycles. The van der Waals surface area contributed by atoms with Crippen molar-refractivity contribution in [2.75, 3.05) is 13.1 Å². The van der Waals surface area contributed by atoms with Gasteiger partial charge in [-0.05, 0) is 31.0 Å². The van der Waals surface area contributed by atoms with Gasteiger partial charge >= 0.3 is 10.1 Å². The third-order valence-electron chi connectivity index (χ3n) is 3.95. The fourth-order valence-corrected chi connectivity index (χ4v) is 3.54. The minimum Gasteiger partial charge on any atom is -0.372 e. The molecule has 1 atom stereocenters. The van der Waals surface area contributed by atoms with E-state index in [4.69, 9.17) is 9.02 Å². The Morgan fingerprint density at radius 1 is 1.08 bits per heavy atom. The Balaban J connectivity index is 1.53. The molecule has 3 rings (SSSR count). The van der Waals surface area contributed by atoms with Gasteiger partial charge < -0.3 is 4.74 Å². The summed E-state index contributed by atoms with van der Waals surface area (Å²) in [6, 6.07) is 16.5. The number of aryl methyl sites for hydroxylation is 1. The number of nitrogens with zero attached hydrogens (tertiary/aromatic N) is 1. The molecule has 0 N–H and O–H groups in total. The average molecular weight is 347 g/mol. The van der Waals surface area contributed by atoms with Gasteiger partial charge in [0.05, 0.1) is 24.2 Å². The maximum absolute atomic E-state index is 12.3. The van der Waals surface area contributed by atoms with Crippen molar-refractivity contribution in [1.29, 1.82) is 0 Å². The van der Waals surface area contributed by atoms with Gasteiger partial charge in [0.2, 0.25) is 0 Å². The van der Waals surface area contributed by atoms with Crippen LogP contribution in [0.3, 0.4) is 0 Å². The summed E-state index contributed by atoms with van der Waals surface area (Å²) in [4.78, 5) is 0.168. The van der Waals surface area contributed by atoms with E-state index >= 15 is 0 Å². The lowest BCUT2D eigenvalue weighted by Gasteiger charge is -2.16. The molecule has 0 radical (unpaired) electrons. The molecule has 2 aromatic rings. The molecule has 1 aliphatic heterocycles. The van der Waals surface area contributed by atoms with E-state index in [-0.39, 0.29) is 11.0 Å². The zero-order valence-corrected chi connectivity index (χ0v) is 14.4. The van der Waals surface area contributed by atoms with Crippen LogP contribution in [0.1, 0.15) is 17.5 Å². The third-order valence-corrected chi connectivity index (χ3v) is 5.21. The Morgan fingerprint density at radius 3 is 2.50 bits per heavy atom. The highest BCUT2D eigenvalue weighted by Gasteiger charge is 2.28. The van der Waals surface area contributed by atoms with Crippen molar-refractivity contribution in [3.63, 3.8) is 0 Å². The minimum absolute atomic E-state index is 0.0292. The van der Waals surface area contributed by atoms with Gasteiger partial charge in [-0.2, -0.15) is 17.8 Å². The normalized spacial score (nSPS) is 18.8. The molecule has 0 spiro atoms. The van der Waals surface area contributed by atoms with Crippen LogP contribution in [0.25, 0.3) is 0 Å². The predicted molar refractivity (Wildman–Crippen MR) is 90.7 cm³/mol. The summed E-state index contributed by atoms with van der Waals surface area (Å²) in [6.45, 7) is 3.40. The zero-order valence-electron chi connectivity index (χ0n) is 13.6. The van der Waals surface area contributed by atoms with Crippen molar-refractivity contribution in [1.82, 2.24) is 5.06 Å². The Labute approximate surface area is 142 Å². The van der Waals surface area contributed by atoms with Crippen LogP contribution >= 0.6 is 0 Å². The van der Waals surface area contributed by atoms with Gasteiger partial charge in [-0.1, -0.05) is 48.0 Å². The fraction of sp³-hybridized carbons (Fsp3) is 0.333. The quantitative estimate of drug-likeness (QED) is 0.804. The SMILES string of the molecule is Cc1ccc(S(=O)(=O)ON2CCC(OCc3ccccc3)C2)cc1. The lowest BCUT2D eigenvalue weighted by atomic mass is 10.2. The molecule has 0 bridgehead atoms. The molecule has 0 amide bonds. The zero-order chi connectivity index (χ0) is 17.0. The van der Waals surface area contributed by atoms with Gasteiger partial charge in [0, 0.05) is 6.54 Å². The first-order valence-corrected chi connectivity index (χ1v) is 9.35. The van der Waals surface area contributed by atoms with E-state index in [0.717, 1.165) is 17.5 Å². The van der Waals surface area contributed by atoms with Crippen LogP contribution in [-0.2, 0) is 25.7 Å².